The second-order valence-electron chi connectivity index (χ2n) is 6.38. The van der Waals surface area contributed by atoms with Gasteiger partial charge in [0.05, 0.1) is 28.1 Å². The molecule has 6 nitrogen and oxygen atoms in total. The van der Waals surface area contributed by atoms with Gasteiger partial charge in [-0.25, -0.2) is 9.67 Å². The number of carbonyl (C=O) groups is 1. The topological polar surface area (TPSA) is 72.7 Å². The summed E-state index contributed by atoms with van der Waals surface area (Å²) in [6.45, 7) is 0.575. The fourth-order valence-corrected chi connectivity index (χ4v) is 3.86. The Kier molecular flexibility index (Phi) is 5.97. The SMILES string of the molecule is O=C(NCCCc1nc(-c2ccncc2)cs1)c1cnn(-c2cccc(Cl)c2)c1. The van der Waals surface area contributed by atoms with Crippen molar-refractivity contribution >= 4 is 28.8 Å². The van der Waals surface area contributed by atoms with Gasteiger partial charge >= 0.3 is 0 Å². The number of hydrogen-bond donors (Lipinski definition) is 1. The second-order valence-corrected chi connectivity index (χ2v) is 7.75. The van der Waals surface area contributed by atoms with Gasteiger partial charge in [-0.15, -0.1) is 11.3 Å². The van der Waals surface area contributed by atoms with Crippen molar-refractivity contribution in [1.82, 2.24) is 25.1 Å². The Labute approximate surface area is 177 Å². The van der Waals surface area contributed by atoms with E-state index in [0.29, 0.717) is 17.1 Å². The van der Waals surface area contributed by atoms with Crippen LogP contribution >= 0.6 is 22.9 Å². The van der Waals surface area contributed by atoms with E-state index >= 15 is 0 Å². The zero-order valence-electron chi connectivity index (χ0n) is 15.5. The van der Waals surface area contributed by atoms with Crippen LogP contribution in [0.3, 0.4) is 0 Å². The first-order valence-electron chi connectivity index (χ1n) is 9.13. The molecule has 4 rings (SSSR count). The van der Waals surface area contributed by atoms with Gasteiger partial charge < -0.3 is 5.32 Å². The summed E-state index contributed by atoms with van der Waals surface area (Å²) in [5, 5.41) is 10.9. The summed E-state index contributed by atoms with van der Waals surface area (Å²) < 4.78 is 1.64. The molecule has 0 spiro atoms. The zero-order chi connectivity index (χ0) is 20.1. The van der Waals surface area contributed by atoms with Crippen molar-refractivity contribution in [2.45, 2.75) is 12.8 Å². The van der Waals surface area contributed by atoms with Gasteiger partial charge in [0.1, 0.15) is 0 Å². The molecule has 146 valence electrons. The number of benzene rings is 1. The van der Waals surface area contributed by atoms with Crippen molar-refractivity contribution in [3.63, 3.8) is 0 Å². The van der Waals surface area contributed by atoms with Crippen molar-refractivity contribution < 1.29 is 4.79 Å². The lowest BCUT2D eigenvalue weighted by Gasteiger charge is -2.03. The first-order valence-corrected chi connectivity index (χ1v) is 10.4. The predicted octanol–water partition coefficient (Wildman–Crippen LogP) is 4.41. The van der Waals surface area contributed by atoms with Crippen molar-refractivity contribution in [3.8, 4) is 16.9 Å². The fourth-order valence-electron chi connectivity index (χ4n) is 2.82. The third-order valence-electron chi connectivity index (χ3n) is 4.30. The molecule has 0 saturated carbocycles. The molecule has 0 radical (unpaired) electrons. The van der Waals surface area contributed by atoms with E-state index in [-0.39, 0.29) is 5.91 Å². The van der Waals surface area contributed by atoms with Crippen molar-refractivity contribution in [2.24, 2.45) is 0 Å². The van der Waals surface area contributed by atoms with Gasteiger partial charge in [0.25, 0.3) is 5.91 Å². The average Bonchev–Trinajstić information content (AvgIpc) is 3.42. The van der Waals surface area contributed by atoms with Crippen LogP contribution in [-0.2, 0) is 6.42 Å². The number of aryl methyl sites for hydroxylation is 1. The van der Waals surface area contributed by atoms with Gasteiger partial charge in [0, 0.05) is 47.5 Å². The Morgan fingerprint density at radius 2 is 2.07 bits per heavy atom. The number of nitrogens with zero attached hydrogens (tertiary/aromatic N) is 4. The summed E-state index contributed by atoms with van der Waals surface area (Å²) in [7, 11) is 0. The number of amides is 1. The Morgan fingerprint density at radius 3 is 2.90 bits per heavy atom. The maximum Gasteiger partial charge on any atom is 0.254 e. The quantitative estimate of drug-likeness (QED) is 0.447. The fraction of sp³-hybridized carbons (Fsp3) is 0.143. The summed E-state index contributed by atoms with van der Waals surface area (Å²) in [4.78, 5) is 21.0. The van der Waals surface area contributed by atoms with E-state index in [9.17, 15) is 4.79 Å². The molecule has 0 unspecified atom stereocenters. The molecule has 0 aliphatic carbocycles. The van der Waals surface area contributed by atoms with Crippen molar-refractivity contribution in [1.29, 1.82) is 0 Å². The number of hydrogen-bond acceptors (Lipinski definition) is 5. The van der Waals surface area contributed by atoms with E-state index in [1.165, 1.54) is 0 Å². The highest BCUT2D eigenvalue weighted by molar-refractivity contribution is 7.09. The van der Waals surface area contributed by atoms with Crippen LogP contribution in [0.1, 0.15) is 21.8 Å². The lowest BCUT2D eigenvalue weighted by molar-refractivity contribution is 0.0953. The molecule has 1 N–H and O–H groups in total. The third-order valence-corrected chi connectivity index (χ3v) is 5.44. The van der Waals surface area contributed by atoms with Gasteiger partial charge in [0.2, 0.25) is 0 Å². The van der Waals surface area contributed by atoms with Crippen LogP contribution in [0.5, 0.6) is 0 Å². The minimum atomic E-state index is -0.144. The van der Waals surface area contributed by atoms with Gasteiger partial charge in [-0.05, 0) is 36.8 Å². The highest BCUT2D eigenvalue weighted by Crippen LogP contribution is 2.21. The molecular formula is C21H18ClN5OS. The van der Waals surface area contributed by atoms with E-state index in [1.54, 1.807) is 52.9 Å². The summed E-state index contributed by atoms with van der Waals surface area (Å²) in [5.74, 6) is -0.144. The molecule has 1 aromatic carbocycles. The summed E-state index contributed by atoms with van der Waals surface area (Å²) >= 11 is 7.64. The summed E-state index contributed by atoms with van der Waals surface area (Å²) in [6.07, 6.45) is 8.41. The van der Waals surface area contributed by atoms with Gasteiger partial charge in [-0.3, -0.25) is 9.78 Å². The van der Waals surface area contributed by atoms with E-state index in [0.717, 1.165) is 34.8 Å². The molecule has 4 aromatic rings. The Hall–Kier alpha value is -3.03. The second kappa shape index (κ2) is 8.98. The molecule has 0 fully saturated rings. The molecule has 3 aromatic heterocycles. The number of thiazole rings is 1. The van der Waals surface area contributed by atoms with Crippen LogP contribution in [0.2, 0.25) is 5.02 Å². The molecular weight excluding hydrogens is 406 g/mol. The monoisotopic (exact) mass is 423 g/mol. The molecule has 0 aliphatic heterocycles. The molecule has 0 atom stereocenters. The normalized spacial score (nSPS) is 10.8. The van der Waals surface area contributed by atoms with E-state index in [1.807, 2.05) is 29.6 Å². The Balaban J connectivity index is 1.27. The van der Waals surface area contributed by atoms with Crippen LogP contribution in [-0.4, -0.2) is 32.2 Å². The Bertz CT molecular complexity index is 1110. The first kappa shape index (κ1) is 19.3. The van der Waals surface area contributed by atoms with E-state index < -0.39 is 0 Å². The highest BCUT2D eigenvalue weighted by atomic mass is 35.5. The number of pyridine rings is 1. The molecule has 0 bridgehead atoms. The lowest BCUT2D eigenvalue weighted by atomic mass is 10.2. The maximum absolute atomic E-state index is 12.3. The molecule has 29 heavy (non-hydrogen) atoms. The maximum atomic E-state index is 12.3. The minimum Gasteiger partial charge on any atom is -0.352 e. The van der Waals surface area contributed by atoms with Gasteiger partial charge in [-0.1, -0.05) is 17.7 Å². The first-order chi connectivity index (χ1) is 14.2. The molecule has 0 aliphatic rings. The van der Waals surface area contributed by atoms with Gasteiger partial charge in [-0.2, -0.15) is 5.10 Å². The minimum absolute atomic E-state index is 0.144. The number of aromatic nitrogens is 4. The van der Waals surface area contributed by atoms with Crippen LogP contribution in [0.25, 0.3) is 16.9 Å². The third kappa shape index (κ3) is 4.88. The van der Waals surface area contributed by atoms with Crippen molar-refractivity contribution in [3.05, 3.63) is 82.2 Å². The van der Waals surface area contributed by atoms with Gasteiger partial charge in [0.15, 0.2) is 0 Å². The molecule has 0 saturated heterocycles. The highest BCUT2D eigenvalue weighted by Gasteiger charge is 2.10. The van der Waals surface area contributed by atoms with Crippen LogP contribution in [0.4, 0.5) is 0 Å². The zero-order valence-corrected chi connectivity index (χ0v) is 17.0. The molecule has 8 heteroatoms. The smallest absolute Gasteiger partial charge is 0.254 e. The number of carbonyl (C=O) groups excluding carboxylic acids is 1. The average molecular weight is 424 g/mol. The molecule has 3 heterocycles. The lowest BCUT2D eigenvalue weighted by Crippen LogP contribution is -2.24. The van der Waals surface area contributed by atoms with Crippen LogP contribution < -0.4 is 5.32 Å². The van der Waals surface area contributed by atoms with E-state index in [2.05, 4.69) is 20.4 Å². The van der Waals surface area contributed by atoms with Crippen LogP contribution in [0.15, 0.2) is 66.6 Å². The summed E-state index contributed by atoms with van der Waals surface area (Å²) in [6, 6.07) is 11.2. The largest absolute Gasteiger partial charge is 0.352 e. The van der Waals surface area contributed by atoms with Crippen LogP contribution in [0, 0.1) is 0 Å². The number of rotatable bonds is 7. The predicted molar refractivity (Wildman–Crippen MR) is 115 cm³/mol. The van der Waals surface area contributed by atoms with Crippen molar-refractivity contribution in [2.75, 3.05) is 6.54 Å². The Morgan fingerprint density at radius 1 is 1.21 bits per heavy atom. The number of halogens is 1. The number of nitrogens with one attached hydrogen (secondary N) is 1. The molecule has 1 amide bonds. The van der Waals surface area contributed by atoms with E-state index in [4.69, 9.17) is 11.6 Å². The summed E-state index contributed by atoms with van der Waals surface area (Å²) in [5.41, 5.74) is 3.35. The standard InChI is InChI=1S/C21H18ClN5OS/c22-17-3-1-4-18(11-17)27-13-16(12-25-27)21(28)24-8-2-5-20-26-19(14-29-20)15-6-9-23-10-7-15/h1,3-4,6-7,9-14H,2,5,8H2,(H,24,28).